The Bertz CT molecular complexity index is 623. The maximum atomic E-state index is 11.9. The zero-order chi connectivity index (χ0) is 13.7. The van der Waals surface area contributed by atoms with Gasteiger partial charge in [-0.3, -0.25) is 4.79 Å². The maximum absolute atomic E-state index is 11.9. The second-order valence-electron chi connectivity index (χ2n) is 5.56. The van der Waals surface area contributed by atoms with E-state index in [0.717, 1.165) is 42.9 Å². The number of ether oxygens (including phenoxy) is 1. The number of fused-ring (bicyclic) bond motifs is 4. The largest absolute Gasteiger partial charge is 0.497 e. The fourth-order valence-corrected chi connectivity index (χ4v) is 4.66. The van der Waals surface area contributed by atoms with Gasteiger partial charge < -0.3 is 9.64 Å². The fourth-order valence-electron chi connectivity index (χ4n) is 3.66. The first-order chi connectivity index (χ1) is 9.78. The van der Waals surface area contributed by atoms with Gasteiger partial charge in [0.15, 0.2) is 0 Å². The summed E-state index contributed by atoms with van der Waals surface area (Å²) in [6, 6.07) is 6.89. The van der Waals surface area contributed by atoms with Gasteiger partial charge in [0.2, 0.25) is 5.12 Å². The fraction of sp³-hybridized carbons (Fsp3) is 0.438. The van der Waals surface area contributed by atoms with Gasteiger partial charge in [0.1, 0.15) is 5.75 Å². The van der Waals surface area contributed by atoms with E-state index >= 15 is 0 Å². The molecule has 0 fully saturated rings. The Balaban J connectivity index is 1.74. The molecular formula is C16H17NO2S. The van der Waals surface area contributed by atoms with Gasteiger partial charge in [-0.15, -0.1) is 0 Å². The average Bonchev–Trinajstić information content (AvgIpc) is 2.88. The van der Waals surface area contributed by atoms with E-state index < -0.39 is 0 Å². The van der Waals surface area contributed by atoms with Gasteiger partial charge in [-0.05, 0) is 42.5 Å². The highest BCUT2D eigenvalue weighted by Crippen LogP contribution is 2.46. The van der Waals surface area contributed by atoms with Crippen molar-refractivity contribution in [3.63, 3.8) is 0 Å². The Labute approximate surface area is 123 Å². The lowest BCUT2D eigenvalue weighted by atomic mass is 9.85. The SMILES string of the molecule is COc1ccc2c(c1)CCN1C3=C(CCC21)C(=O)SC3. The van der Waals surface area contributed by atoms with Crippen LogP contribution in [0.15, 0.2) is 29.5 Å². The first-order valence-electron chi connectivity index (χ1n) is 7.10. The van der Waals surface area contributed by atoms with Crippen molar-refractivity contribution in [3.8, 4) is 5.75 Å². The predicted octanol–water partition coefficient (Wildman–Crippen LogP) is 2.92. The van der Waals surface area contributed by atoms with Crippen LogP contribution in [0, 0.1) is 0 Å². The van der Waals surface area contributed by atoms with Gasteiger partial charge in [-0.25, -0.2) is 0 Å². The Morgan fingerprint density at radius 1 is 1.35 bits per heavy atom. The van der Waals surface area contributed by atoms with E-state index in [-0.39, 0.29) is 0 Å². The molecule has 1 atom stereocenters. The number of rotatable bonds is 1. The normalized spacial score (nSPS) is 24.4. The van der Waals surface area contributed by atoms with E-state index in [4.69, 9.17) is 4.74 Å². The van der Waals surface area contributed by atoms with Crippen molar-refractivity contribution < 1.29 is 9.53 Å². The molecule has 4 heteroatoms. The number of hydrogen-bond donors (Lipinski definition) is 0. The highest BCUT2D eigenvalue weighted by atomic mass is 32.2. The summed E-state index contributed by atoms with van der Waals surface area (Å²) in [5, 5.41) is 0.305. The smallest absolute Gasteiger partial charge is 0.217 e. The topological polar surface area (TPSA) is 29.5 Å². The minimum absolute atomic E-state index is 0.305. The molecule has 0 bridgehead atoms. The third-order valence-corrected chi connectivity index (χ3v) is 5.58. The second-order valence-corrected chi connectivity index (χ2v) is 6.51. The lowest BCUT2D eigenvalue weighted by molar-refractivity contribution is -0.108. The zero-order valence-corrected chi connectivity index (χ0v) is 12.3. The summed E-state index contributed by atoms with van der Waals surface area (Å²) >= 11 is 1.47. The lowest BCUT2D eigenvalue weighted by Crippen LogP contribution is -2.38. The van der Waals surface area contributed by atoms with E-state index in [0.29, 0.717) is 11.2 Å². The second kappa shape index (κ2) is 4.55. The van der Waals surface area contributed by atoms with Gasteiger partial charge in [-0.2, -0.15) is 0 Å². The first-order valence-corrected chi connectivity index (χ1v) is 8.09. The van der Waals surface area contributed by atoms with E-state index in [1.165, 1.54) is 28.6 Å². The molecule has 4 rings (SSSR count). The van der Waals surface area contributed by atoms with Crippen molar-refractivity contribution in [1.29, 1.82) is 0 Å². The Morgan fingerprint density at radius 2 is 2.25 bits per heavy atom. The Hall–Kier alpha value is -1.42. The van der Waals surface area contributed by atoms with Gasteiger partial charge in [0.25, 0.3) is 0 Å². The number of methoxy groups -OCH3 is 1. The molecule has 0 spiro atoms. The van der Waals surface area contributed by atoms with Crippen LogP contribution in [0.4, 0.5) is 0 Å². The van der Waals surface area contributed by atoms with E-state index in [2.05, 4.69) is 23.1 Å². The van der Waals surface area contributed by atoms with Crippen LogP contribution >= 0.6 is 11.8 Å². The van der Waals surface area contributed by atoms with Crippen LogP contribution in [-0.4, -0.2) is 29.4 Å². The summed E-state index contributed by atoms with van der Waals surface area (Å²) in [6.45, 7) is 1.03. The van der Waals surface area contributed by atoms with Crippen LogP contribution in [-0.2, 0) is 11.2 Å². The monoisotopic (exact) mass is 287 g/mol. The van der Waals surface area contributed by atoms with Gasteiger partial charge in [-0.1, -0.05) is 17.8 Å². The molecule has 3 nitrogen and oxygen atoms in total. The molecule has 1 aromatic carbocycles. The van der Waals surface area contributed by atoms with E-state index in [1.54, 1.807) is 7.11 Å². The van der Waals surface area contributed by atoms with E-state index in [9.17, 15) is 4.79 Å². The number of hydrogen-bond acceptors (Lipinski definition) is 4. The third kappa shape index (κ3) is 1.71. The zero-order valence-electron chi connectivity index (χ0n) is 11.5. The lowest BCUT2D eigenvalue weighted by Gasteiger charge is -2.42. The Morgan fingerprint density at radius 3 is 3.10 bits per heavy atom. The van der Waals surface area contributed by atoms with Crippen LogP contribution in [0.3, 0.4) is 0 Å². The highest BCUT2D eigenvalue weighted by Gasteiger charge is 2.38. The summed E-state index contributed by atoms with van der Waals surface area (Å²) in [6.07, 6.45) is 3.04. The molecule has 3 heterocycles. The summed E-state index contributed by atoms with van der Waals surface area (Å²) in [5.41, 5.74) is 5.22. The van der Waals surface area contributed by atoms with Crippen molar-refractivity contribution >= 4 is 16.9 Å². The number of carbonyl (C=O) groups excluding carboxylic acids is 1. The average molecular weight is 287 g/mol. The molecule has 0 aromatic heterocycles. The summed E-state index contributed by atoms with van der Waals surface area (Å²) in [7, 11) is 1.72. The standard InChI is InChI=1S/C16H17NO2S/c1-19-11-2-3-12-10(8-11)6-7-17-14(12)5-4-13-15(17)9-20-16(13)18/h2-3,8,14H,4-7,9H2,1H3. The summed E-state index contributed by atoms with van der Waals surface area (Å²) < 4.78 is 5.33. The molecule has 3 aliphatic rings. The molecule has 0 saturated carbocycles. The Kier molecular flexibility index (Phi) is 2.81. The molecule has 104 valence electrons. The van der Waals surface area contributed by atoms with Gasteiger partial charge in [0, 0.05) is 23.6 Å². The molecule has 1 aromatic rings. The highest BCUT2D eigenvalue weighted by molar-refractivity contribution is 8.14. The van der Waals surface area contributed by atoms with Crippen LogP contribution in [0.2, 0.25) is 0 Å². The van der Waals surface area contributed by atoms with Crippen molar-refractivity contribution in [3.05, 3.63) is 40.6 Å². The molecule has 3 aliphatic heterocycles. The third-order valence-electron chi connectivity index (χ3n) is 4.66. The number of benzene rings is 1. The number of thioether (sulfide) groups is 1. The van der Waals surface area contributed by atoms with Crippen molar-refractivity contribution in [2.45, 2.75) is 25.3 Å². The molecule has 0 radical (unpaired) electrons. The minimum Gasteiger partial charge on any atom is -0.497 e. The molecule has 0 saturated heterocycles. The van der Waals surface area contributed by atoms with Crippen LogP contribution in [0.25, 0.3) is 0 Å². The summed E-state index contributed by atoms with van der Waals surface area (Å²) in [4.78, 5) is 14.4. The van der Waals surface area contributed by atoms with Crippen LogP contribution < -0.4 is 4.74 Å². The number of carbonyl (C=O) groups is 1. The van der Waals surface area contributed by atoms with E-state index in [1.807, 2.05) is 0 Å². The van der Waals surface area contributed by atoms with Crippen molar-refractivity contribution in [2.75, 3.05) is 19.4 Å². The van der Waals surface area contributed by atoms with Crippen molar-refractivity contribution in [2.24, 2.45) is 0 Å². The molecular weight excluding hydrogens is 270 g/mol. The minimum atomic E-state index is 0.305. The molecule has 0 N–H and O–H groups in total. The summed E-state index contributed by atoms with van der Waals surface area (Å²) in [5.74, 6) is 1.82. The quantitative estimate of drug-likeness (QED) is 0.794. The molecule has 0 aliphatic carbocycles. The van der Waals surface area contributed by atoms with Gasteiger partial charge in [0.05, 0.1) is 13.2 Å². The first kappa shape index (κ1) is 12.3. The predicted molar refractivity (Wildman–Crippen MR) is 79.9 cm³/mol. The number of nitrogens with zero attached hydrogens (tertiary/aromatic N) is 1. The molecule has 1 unspecified atom stereocenters. The van der Waals surface area contributed by atoms with Crippen LogP contribution in [0.5, 0.6) is 5.75 Å². The van der Waals surface area contributed by atoms with Crippen molar-refractivity contribution in [1.82, 2.24) is 4.90 Å². The van der Waals surface area contributed by atoms with Crippen LogP contribution in [0.1, 0.15) is 30.0 Å². The van der Waals surface area contributed by atoms with Gasteiger partial charge >= 0.3 is 0 Å². The molecule has 0 amide bonds. The molecule has 20 heavy (non-hydrogen) atoms. The maximum Gasteiger partial charge on any atom is 0.217 e.